The van der Waals surface area contributed by atoms with E-state index in [4.69, 9.17) is 9.47 Å². The summed E-state index contributed by atoms with van der Waals surface area (Å²) in [6.45, 7) is 6.76. The number of alkyl carbamates (subject to hydrolysis) is 1. The summed E-state index contributed by atoms with van der Waals surface area (Å²) in [5.74, 6) is 0. The molecule has 5 atom stereocenters. The van der Waals surface area contributed by atoms with Crippen LogP contribution in [-0.2, 0) is 9.47 Å². The van der Waals surface area contributed by atoms with Crippen LogP contribution in [-0.4, -0.2) is 64.1 Å². The minimum absolute atomic E-state index is 0.391. The van der Waals surface area contributed by atoms with E-state index in [1.54, 1.807) is 20.8 Å². The highest BCUT2D eigenvalue weighted by molar-refractivity contribution is 5.68. The molecule has 0 bridgehead atoms. The van der Waals surface area contributed by atoms with Gasteiger partial charge >= 0.3 is 6.09 Å². The number of hydrogen-bond donors (Lipinski definition) is 4. The zero-order valence-electron chi connectivity index (χ0n) is 13.1. The fraction of sp³-hybridized carbons (Fsp3) is 0.929. The number of ether oxygens (including phenoxy) is 2. The van der Waals surface area contributed by atoms with Gasteiger partial charge in [-0.05, 0) is 27.2 Å². The molecule has 4 N–H and O–H groups in total. The van der Waals surface area contributed by atoms with E-state index in [0.29, 0.717) is 6.42 Å². The van der Waals surface area contributed by atoms with Crippen LogP contribution in [0.25, 0.3) is 0 Å². The van der Waals surface area contributed by atoms with E-state index in [-0.39, 0.29) is 0 Å². The van der Waals surface area contributed by atoms with Crippen molar-refractivity contribution in [1.29, 1.82) is 0 Å². The van der Waals surface area contributed by atoms with Gasteiger partial charge in [-0.15, -0.1) is 0 Å². The van der Waals surface area contributed by atoms with Gasteiger partial charge in [0, 0.05) is 0 Å². The lowest BCUT2D eigenvalue weighted by molar-refractivity contribution is -0.194. The van der Waals surface area contributed by atoms with Crippen molar-refractivity contribution in [2.24, 2.45) is 0 Å². The first kappa shape index (κ1) is 18.2. The molecular formula is C14H27NO6. The summed E-state index contributed by atoms with van der Waals surface area (Å²) < 4.78 is 10.7. The molecule has 21 heavy (non-hydrogen) atoms. The van der Waals surface area contributed by atoms with Gasteiger partial charge in [0.1, 0.15) is 23.9 Å². The predicted octanol–water partition coefficient (Wildman–Crippen LogP) is 0.161. The SMILES string of the molecule is CCC[C@H]1O[C@H](CO)[C@H](O)[C@H](O)[C@H]1NC(=O)OC(C)(C)C. The molecule has 0 aliphatic carbocycles. The quantitative estimate of drug-likeness (QED) is 0.589. The molecule has 1 rings (SSSR count). The van der Waals surface area contributed by atoms with Crippen molar-refractivity contribution in [2.75, 3.05) is 6.61 Å². The smallest absolute Gasteiger partial charge is 0.408 e. The van der Waals surface area contributed by atoms with Crippen molar-refractivity contribution in [3.8, 4) is 0 Å². The summed E-state index contributed by atoms with van der Waals surface area (Å²) in [5.41, 5.74) is -0.656. The number of aliphatic hydroxyl groups is 3. The second-order valence-corrected chi connectivity index (χ2v) is 6.34. The fourth-order valence-electron chi connectivity index (χ4n) is 2.35. The zero-order valence-corrected chi connectivity index (χ0v) is 13.1. The van der Waals surface area contributed by atoms with E-state index < -0.39 is 48.8 Å². The molecule has 0 unspecified atom stereocenters. The summed E-state index contributed by atoms with van der Waals surface area (Å²) in [7, 11) is 0. The number of hydrogen-bond acceptors (Lipinski definition) is 6. The minimum Gasteiger partial charge on any atom is -0.444 e. The minimum atomic E-state index is -1.26. The molecule has 124 valence electrons. The topological polar surface area (TPSA) is 108 Å². The molecule has 0 aromatic rings. The van der Waals surface area contributed by atoms with Crippen LogP contribution >= 0.6 is 0 Å². The molecule has 1 fully saturated rings. The molecule has 0 spiro atoms. The standard InChI is InChI=1S/C14H27NO6/c1-5-6-8-10(15-13(19)21-14(2,3)4)12(18)11(17)9(7-16)20-8/h8-12,16-18H,5-7H2,1-4H3,(H,15,19)/t8-,9-,10+,11+,12-/m1/s1. The Morgan fingerprint density at radius 1 is 1.24 bits per heavy atom. The Morgan fingerprint density at radius 3 is 2.33 bits per heavy atom. The lowest BCUT2D eigenvalue weighted by Crippen LogP contribution is -2.64. The van der Waals surface area contributed by atoms with Gasteiger partial charge in [0.05, 0.1) is 18.8 Å². The average Bonchev–Trinajstić information content (AvgIpc) is 2.36. The summed E-state index contributed by atoms with van der Waals surface area (Å²) in [6, 6.07) is -0.780. The number of carbonyl (C=O) groups excluding carboxylic acids is 1. The molecule has 0 aromatic carbocycles. The molecule has 0 aromatic heterocycles. The molecule has 7 nitrogen and oxygen atoms in total. The van der Waals surface area contributed by atoms with Gasteiger partial charge in [-0.3, -0.25) is 0 Å². The van der Waals surface area contributed by atoms with Crippen molar-refractivity contribution in [1.82, 2.24) is 5.32 Å². The van der Waals surface area contributed by atoms with Crippen LogP contribution in [0.3, 0.4) is 0 Å². The van der Waals surface area contributed by atoms with Gasteiger partial charge in [0.25, 0.3) is 0 Å². The Balaban J connectivity index is 2.77. The van der Waals surface area contributed by atoms with Crippen molar-refractivity contribution in [2.45, 2.75) is 76.6 Å². The molecule has 0 saturated carbocycles. The van der Waals surface area contributed by atoms with E-state index in [1.807, 2.05) is 6.92 Å². The van der Waals surface area contributed by atoms with Gasteiger partial charge in [-0.25, -0.2) is 4.79 Å². The number of amides is 1. The highest BCUT2D eigenvalue weighted by atomic mass is 16.6. The zero-order chi connectivity index (χ0) is 16.2. The molecule has 1 aliphatic rings. The van der Waals surface area contributed by atoms with Crippen LogP contribution in [0.15, 0.2) is 0 Å². The van der Waals surface area contributed by atoms with Gasteiger partial charge in [0.2, 0.25) is 0 Å². The van der Waals surface area contributed by atoms with Gasteiger partial charge < -0.3 is 30.1 Å². The van der Waals surface area contributed by atoms with Gasteiger partial charge in [-0.2, -0.15) is 0 Å². The van der Waals surface area contributed by atoms with Crippen molar-refractivity contribution in [3.63, 3.8) is 0 Å². The Hall–Kier alpha value is -0.890. The summed E-state index contributed by atoms with van der Waals surface area (Å²) in [6.07, 6.45) is -3.14. The molecular weight excluding hydrogens is 278 g/mol. The van der Waals surface area contributed by atoms with E-state index in [2.05, 4.69) is 5.32 Å². The first-order valence-electron chi connectivity index (χ1n) is 7.31. The number of rotatable bonds is 4. The van der Waals surface area contributed by atoms with Crippen LogP contribution in [0.4, 0.5) is 4.79 Å². The van der Waals surface area contributed by atoms with E-state index >= 15 is 0 Å². The molecule has 7 heteroatoms. The van der Waals surface area contributed by atoms with E-state index in [9.17, 15) is 20.1 Å². The van der Waals surface area contributed by atoms with E-state index in [0.717, 1.165) is 6.42 Å². The number of carbonyl (C=O) groups is 1. The Morgan fingerprint density at radius 2 is 1.86 bits per heavy atom. The van der Waals surface area contributed by atoms with Crippen molar-refractivity contribution >= 4 is 6.09 Å². The van der Waals surface area contributed by atoms with E-state index in [1.165, 1.54) is 0 Å². The first-order chi connectivity index (χ1) is 9.69. The first-order valence-corrected chi connectivity index (χ1v) is 7.31. The molecule has 1 aliphatic heterocycles. The third-order valence-electron chi connectivity index (χ3n) is 3.29. The molecule has 0 radical (unpaired) electrons. The number of aliphatic hydroxyl groups excluding tert-OH is 3. The van der Waals surface area contributed by atoms with Crippen LogP contribution in [0.1, 0.15) is 40.5 Å². The lowest BCUT2D eigenvalue weighted by atomic mass is 9.91. The maximum atomic E-state index is 11.8. The fourth-order valence-corrected chi connectivity index (χ4v) is 2.35. The monoisotopic (exact) mass is 305 g/mol. The van der Waals surface area contributed by atoms with Crippen LogP contribution < -0.4 is 5.32 Å². The predicted molar refractivity (Wildman–Crippen MR) is 75.8 cm³/mol. The van der Waals surface area contributed by atoms with Crippen molar-refractivity contribution in [3.05, 3.63) is 0 Å². The summed E-state index contributed by atoms with van der Waals surface area (Å²) in [4.78, 5) is 11.8. The average molecular weight is 305 g/mol. The lowest BCUT2D eigenvalue weighted by Gasteiger charge is -2.42. The highest BCUT2D eigenvalue weighted by Crippen LogP contribution is 2.24. The third kappa shape index (κ3) is 5.10. The number of nitrogens with one attached hydrogen (secondary N) is 1. The van der Waals surface area contributed by atoms with Gasteiger partial charge in [-0.1, -0.05) is 13.3 Å². The van der Waals surface area contributed by atoms with Crippen LogP contribution in [0.5, 0.6) is 0 Å². The third-order valence-corrected chi connectivity index (χ3v) is 3.29. The molecule has 1 amide bonds. The Kier molecular flexibility index (Phi) is 6.40. The van der Waals surface area contributed by atoms with Crippen molar-refractivity contribution < 1.29 is 29.6 Å². The van der Waals surface area contributed by atoms with Gasteiger partial charge in [0.15, 0.2) is 0 Å². The highest BCUT2D eigenvalue weighted by Gasteiger charge is 2.44. The second kappa shape index (κ2) is 7.40. The molecule has 1 heterocycles. The Labute approximate surface area is 125 Å². The summed E-state index contributed by atoms with van der Waals surface area (Å²) in [5, 5.41) is 31.8. The molecule has 1 saturated heterocycles. The normalized spacial score (nSPS) is 33.6. The maximum absolute atomic E-state index is 11.8. The summed E-state index contributed by atoms with van der Waals surface area (Å²) >= 11 is 0. The largest absolute Gasteiger partial charge is 0.444 e. The van der Waals surface area contributed by atoms with Crippen LogP contribution in [0, 0.1) is 0 Å². The maximum Gasteiger partial charge on any atom is 0.408 e. The second-order valence-electron chi connectivity index (χ2n) is 6.34. The van der Waals surface area contributed by atoms with Crippen LogP contribution in [0.2, 0.25) is 0 Å². The Bertz CT molecular complexity index is 343.